The molecule has 9 nitrogen and oxygen atoms in total. The molecule has 1 aliphatic rings. The molecule has 162 valence electrons. The highest BCUT2D eigenvalue weighted by atomic mass is 32.2. The fourth-order valence-corrected chi connectivity index (χ4v) is 4.31. The van der Waals surface area contributed by atoms with Crippen molar-refractivity contribution in [1.82, 2.24) is 14.2 Å². The summed E-state index contributed by atoms with van der Waals surface area (Å²) in [5.74, 6) is -0.531. The molecule has 4 N–H and O–H groups in total. The van der Waals surface area contributed by atoms with Crippen LogP contribution in [0.1, 0.15) is 18.2 Å². The van der Waals surface area contributed by atoms with Crippen LogP contribution in [0.4, 0.5) is 20.6 Å². The van der Waals surface area contributed by atoms with Gasteiger partial charge in [-0.15, -0.1) is 0 Å². The summed E-state index contributed by atoms with van der Waals surface area (Å²) in [5.41, 5.74) is 1.78. The van der Waals surface area contributed by atoms with Crippen molar-refractivity contribution in [3.8, 4) is 0 Å². The van der Waals surface area contributed by atoms with Crippen molar-refractivity contribution in [3.63, 3.8) is 0 Å². The Morgan fingerprint density at radius 1 is 1.27 bits per heavy atom. The summed E-state index contributed by atoms with van der Waals surface area (Å²) in [4.78, 5) is 18.2. The maximum Gasteiger partial charge on any atom is 0.323 e. The van der Waals surface area contributed by atoms with E-state index in [0.717, 1.165) is 5.69 Å². The number of benzene rings is 1. The molecule has 3 rings (SSSR count). The monoisotopic (exact) mass is 436 g/mol. The lowest BCUT2D eigenvalue weighted by atomic mass is 10.1. The third-order valence-corrected chi connectivity index (χ3v) is 6.06. The van der Waals surface area contributed by atoms with Crippen molar-refractivity contribution in [2.75, 3.05) is 30.3 Å². The van der Waals surface area contributed by atoms with E-state index in [2.05, 4.69) is 15.6 Å². The molecule has 11 heteroatoms. The predicted octanol–water partition coefficient (Wildman–Crippen LogP) is 1.88. The number of pyridine rings is 1. The van der Waals surface area contributed by atoms with E-state index in [4.69, 9.17) is 5.14 Å². The first-order chi connectivity index (χ1) is 14.1. The van der Waals surface area contributed by atoms with Gasteiger partial charge in [0.1, 0.15) is 0 Å². The lowest BCUT2D eigenvalue weighted by Gasteiger charge is -2.38. The van der Waals surface area contributed by atoms with E-state index >= 15 is 0 Å². The Morgan fingerprint density at radius 2 is 2.03 bits per heavy atom. The first-order valence-corrected chi connectivity index (χ1v) is 10.9. The third kappa shape index (κ3) is 5.51. The van der Waals surface area contributed by atoms with Crippen LogP contribution in [0.2, 0.25) is 0 Å². The summed E-state index contributed by atoms with van der Waals surface area (Å²) in [6.45, 7) is 4.98. The van der Waals surface area contributed by atoms with Crippen LogP contribution < -0.4 is 15.8 Å². The number of nitrogens with two attached hydrogens (primary N) is 1. The fraction of sp³-hybridized carbons (Fsp3) is 0.368. The van der Waals surface area contributed by atoms with Crippen molar-refractivity contribution in [2.45, 2.75) is 26.4 Å². The molecule has 0 spiro atoms. The van der Waals surface area contributed by atoms with Crippen molar-refractivity contribution < 1.29 is 17.6 Å². The first kappa shape index (κ1) is 22.1. The topological polar surface area (TPSA) is 121 Å². The molecular formula is C19H25FN6O3S. The number of rotatable bonds is 5. The number of hydrogen-bond acceptors (Lipinski definition) is 5. The number of halogens is 1. The van der Waals surface area contributed by atoms with Crippen LogP contribution in [0.3, 0.4) is 0 Å². The molecule has 30 heavy (non-hydrogen) atoms. The molecule has 1 aliphatic heterocycles. The number of piperazine rings is 1. The molecule has 0 aliphatic carbocycles. The second kappa shape index (κ2) is 9.04. The van der Waals surface area contributed by atoms with E-state index < -0.39 is 22.1 Å². The molecule has 2 heterocycles. The molecule has 1 aromatic carbocycles. The van der Waals surface area contributed by atoms with Crippen LogP contribution in [-0.4, -0.2) is 54.3 Å². The number of aryl methyl sites for hydroxylation is 1. The second-order valence-electron chi connectivity index (χ2n) is 7.29. The van der Waals surface area contributed by atoms with Gasteiger partial charge < -0.3 is 10.6 Å². The van der Waals surface area contributed by atoms with Crippen LogP contribution in [0.5, 0.6) is 0 Å². The van der Waals surface area contributed by atoms with E-state index in [9.17, 15) is 17.6 Å². The Kier molecular flexibility index (Phi) is 6.66. The van der Waals surface area contributed by atoms with Crippen LogP contribution in [0.15, 0.2) is 36.5 Å². The van der Waals surface area contributed by atoms with Gasteiger partial charge in [-0.05, 0) is 32.0 Å². The molecule has 1 fully saturated rings. The zero-order valence-corrected chi connectivity index (χ0v) is 17.6. The number of aromatic nitrogens is 1. The number of nitrogens with one attached hydrogen (secondary N) is 2. The third-order valence-electron chi connectivity index (χ3n) is 4.87. The zero-order chi connectivity index (χ0) is 21.9. The molecule has 0 radical (unpaired) electrons. The van der Waals surface area contributed by atoms with Crippen molar-refractivity contribution in [1.29, 1.82) is 0 Å². The minimum atomic E-state index is -3.75. The predicted molar refractivity (Wildman–Crippen MR) is 113 cm³/mol. The smallest absolute Gasteiger partial charge is 0.306 e. The molecule has 1 aromatic heterocycles. The van der Waals surface area contributed by atoms with E-state index in [1.807, 2.05) is 11.8 Å². The lowest BCUT2D eigenvalue weighted by molar-refractivity contribution is 0.137. The van der Waals surface area contributed by atoms with Crippen LogP contribution in [0.25, 0.3) is 0 Å². The highest BCUT2D eigenvalue weighted by Crippen LogP contribution is 2.22. The fourth-order valence-electron chi connectivity index (χ4n) is 3.40. The molecule has 0 unspecified atom stereocenters. The standard InChI is InChI=1S/C19H25FN6O3S/c1-13-6-7-16(10-22-13)23-19(27)24-17-5-3-4-15(18(17)20)12-25-8-9-26(14(2)11-25)30(21,28)29/h3-7,10,14H,8-9,11-12H2,1-2H3,(H2,21,28,29)(H2,23,24,27)/t14-/m0/s1. The number of carbonyl (C=O) groups is 1. The first-order valence-electron chi connectivity index (χ1n) is 9.43. The number of hydrogen-bond donors (Lipinski definition) is 3. The van der Waals surface area contributed by atoms with Crippen LogP contribution >= 0.6 is 0 Å². The largest absolute Gasteiger partial charge is 0.323 e. The molecule has 0 saturated carbocycles. The van der Waals surface area contributed by atoms with Crippen LogP contribution in [0, 0.1) is 12.7 Å². The van der Waals surface area contributed by atoms with Crippen molar-refractivity contribution in [2.24, 2.45) is 5.14 Å². The summed E-state index contributed by atoms with van der Waals surface area (Å²) in [7, 11) is -3.75. The second-order valence-corrected chi connectivity index (χ2v) is 8.78. The summed E-state index contributed by atoms with van der Waals surface area (Å²) in [6.07, 6.45) is 1.52. The minimum absolute atomic E-state index is 0.0568. The number of carbonyl (C=O) groups excluding carboxylic acids is 1. The molecule has 2 aromatic rings. The normalized spacial score (nSPS) is 18.2. The summed E-state index contributed by atoms with van der Waals surface area (Å²) < 4.78 is 39.3. The highest BCUT2D eigenvalue weighted by Gasteiger charge is 2.30. The molecule has 0 bridgehead atoms. The van der Waals surface area contributed by atoms with E-state index in [1.54, 1.807) is 31.2 Å². The Bertz CT molecular complexity index is 1020. The maximum absolute atomic E-state index is 14.9. The quantitative estimate of drug-likeness (QED) is 0.661. The number of nitrogens with zero attached hydrogens (tertiary/aromatic N) is 3. The SMILES string of the molecule is Cc1ccc(NC(=O)Nc2cccc(CN3CCN(S(N)(=O)=O)[C@@H](C)C3)c2F)cn1. The average molecular weight is 437 g/mol. The van der Waals surface area contributed by atoms with Gasteiger partial charge >= 0.3 is 6.03 Å². The number of urea groups is 1. The summed E-state index contributed by atoms with van der Waals surface area (Å²) in [5, 5.41) is 10.3. The van der Waals surface area contributed by atoms with E-state index in [1.165, 1.54) is 16.6 Å². The van der Waals surface area contributed by atoms with Gasteiger partial charge in [0.05, 0.1) is 17.6 Å². The van der Waals surface area contributed by atoms with Gasteiger partial charge in [0.15, 0.2) is 5.82 Å². The van der Waals surface area contributed by atoms with E-state index in [-0.39, 0.29) is 24.8 Å². The minimum Gasteiger partial charge on any atom is -0.306 e. The van der Waals surface area contributed by atoms with Gasteiger partial charge in [-0.3, -0.25) is 9.88 Å². The van der Waals surface area contributed by atoms with Gasteiger partial charge in [0.2, 0.25) is 0 Å². The van der Waals surface area contributed by atoms with Gasteiger partial charge in [-0.1, -0.05) is 12.1 Å². The van der Waals surface area contributed by atoms with E-state index in [0.29, 0.717) is 24.3 Å². The Balaban J connectivity index is 1.63. The van der Waals surface area contributed by atoms with Gasteiger partial charge in [-0.25, -0.2) is 14.3 Å². The maximum atomic E-state index is 14.9. The lowest BCUT2D eigenvalue weighted by Crippen LogP contribution is -2.55. The molecule has 2 amide bonds. The van der Waals surface area contributed by atoms with Gasteiger partial charge in [0.25, 0.3) is 10.2 Å². The Morgan fingerprint density at radius 3 is 2.67 bits per heavy atom. The van der Waals surface area contributed by atoms with Gasteiger partial charge in [-0.2, -0.15) is 12.7 Å². The van der Waals surface area contributed by atoms with Crippen LogP contribution in [-0.2, 0) is 16.8 Å². The Hall–Kier alpha value is -2.60. The molecule has 1 atom stereocenters. The Labute approximate surface area is 175 Å². The zero-order valence-electron chi connectivity index (χ0n) is 16.8. The average Bonchev–Trinajstić information content (AvgIpc) is 2.66. The summed E-state index contributed by atoms with van der Waals surface area (Å²) >= 11 is 0. The molecular weight excluding hydrogens is 411 g/mol. The number of amides is 2. The summed E-state index contributed by atoms with van der Waals surface area (Å²) in [6, 6.07) is 7.35. The highest BCUT2D eigenvalue weighted by molar-refractivity contribution is 7.86. The molecule has 1 saturated heterocycles. The van der Waals surface area contributed by atoms with Crippen molar-refractivity contribution >= 4 is 27.6 Å². The van der Waals surface area contributed by atoms with Crippen molar-refractivity contribution in [3.05, 3.63) is 53.6 Å². The van der Waals surface area contributed by atoms with Gasteiger partial charge in [0, 0.05) is 43.5 Å². The number of anilines is 2.